The zero-order valence-electron chi connectivity index (χ0n) is 28.0. The Kier molecular flexibility index (Phi) is 10.6. The van der Waals surface area contributed by atoms with Gasteiger partial charge < -0.3 is 24.8 Å². The third-order valence-electron chi connectivity index (χ3n) is 8.92. The van der Waals surface area contributed by atoms with Gasteiger partial charge in [0.15, 0.2) is 0 Å². The van der Waals surface area contributed by atoms with E-state index in [-0.39, 0.29) is 51.0 Å². The highest BCUT2D eigenvalue weighted by atomic mass is 35.5. The van der Waals surface area contributed by atoms with Crippen LogP contribution in [-0.2, 0) is 29.1 Å². The van der Waals surface area contributed by atoms with Crippen LogP contribution in [0.3, 0.4) is 0 Å². The smallest absolute Gasteiger partial charge is 0.410 e. The number of hydrogen-bond acceptors (Lipinski definition) is 7. The molecule has 5 amide bonds. The van der Waals surface area contributed by atoms with Crippen LogP contribution in [0.2, 0.25) is 10.0 Å². The van der Waals surface area contributed by atoms with E-state index in [1.807, 2.05) is 48.5 Å². The molecule has 0 aromatic heterocycles. The normalized spacial score (nSPS) is 17.2. The van der Waals surface area contributed by atoms with Crippen LogP contribution >= 0.6 is 23.2 Å². The molecule has 4 aromatic carbocycles. The van der Waals surface area contributed by atoms with Crippen molar-refractivity contribution in [3.8, 4) is 11.8 Å². The molecule has 2 fully saturated rings. The van der Waals surface area contributed by atoms with Gasteiger partial charge in [0.05, 0.1) is 29.2 Å². The first-order valence-electron chi connectivity index (χ1n) is 16.2. The summed E-state index contributed by atoms with van der Waals surface area (Å²) in [5.74, 6) is -0.251. The number of rotatable bonds is 9. The number of amides is 5. The maximum atomic E-state index is 14.4. The van der Waals surface area contributed by atoms with Gasteiger partial charge in [-0.2, -0.15) is 10.3 Å². The number of nitriles is 1. The molecule has 51 heavy (non-hydrogen) atoms. The molecule has 2 aliphatic rings. The van der Waals surface area contributed by atoms with Crippen molar-refractivity contribution in [2.24, 2.45) is 0 Å². The van der Waals surface area contributed by atoms with Gasteiger partial charge in [0.2, 0.25) is 11.8 Å². The second-order valence-corrected chi connectivity index (χ2v) is 13.3. The minimum atomic E-state index is -0.908. The van der Waals surface area contributed by atoms with Crippen molar-refractivity contribution in [1.29, 1.82) is 5.26 Å². The minimum Gasteiger partial charge on any atom is -0.410 e. The van der Waals surface area contributed by atoms with Crippen molar-refractivity contribution in [2.75, 3.05) is 33.7 Å². The van der Waals surface area contributed by atoms with Gasteiger partial charge in [-0.05, 0) is 51.7 Å². The predicted molar refractivity (Wildman–Crippen MR) is 191 cm³/mol. The molecule has 6 rings (SSSR count). The summed E-state index contributed by atoms with van der Waals surface area (Å²) in [6.45, 7) is -0.0737. The maximum Gasteiger partial charge on any atom is 0.414 e. The molecule has 4 aromatic rings. The van der Waals surface area contributed by atoms with E-state index in [1.165, 1.54) is 14.8 Å². The van der Waals surface area contributed by atoms with E-state index >= 15 is 0 Å². The van der Waals surface area contributed by atoms with Crippen LogP contribution in [0, 0.1) is 11.3 Å². The second-order valence-electron chi connectivity index (χ2n) is 12.5. The monoisotopic (exact) mass is 727 g/mol. The maximum absolute atomic E-state index is 14.4. The standard InChI is InChI=1S/C37H35Cl2N7O5/c1-42(2)37(50)51-28-13-10-24(11-14-28)19-32-35(48)43(21-27-8-5-7-26-6-3-4-9-29(26)27)22-33-45(23-34(47)46(32)33)44(17-16-40)36(49)41-20-25-12-15-30(38)31(39)18-25/h3-15,18,32-33H,17,19-23H2,1-2H3,(H,41,49)/t32-,33+/m0/s1. The summed E-state index contributed by atoms with van der Waals surface area (Å²) in [5, 5.41) is 18.1. The molecule has 2 atom stereocenters. The summed E-state index contributed by atoms with van der Waals surface area (Å²) in [4.78, 5) is 58.4. The van der Waals surface area contributed by atoms with Crippen LogP contribution in [-0.4, -0.2) is 94.6 Å². The third-order valence-corrected chi connectivity index (χ3v) is 9.66. The Morgan fingerprint density at radius 1 is 0.961 bits per heavy atom. The Bertz CT molecular complexity index is 2010. The molecule has 2 heterocycles. The van der Waals surface area contributed by atoms with Crippen LogP contribution in [0.4, 0.5) is 9.59 Å². The van der Waals surface area contributed by atoms with Gasteiger partial charge in [-0.1, -0.05) is 83.9 Å². The zero-order valence-corrected chi connectivity index (χ0v) is 29.5. The highest BCUT2D eigenvalue weighted by Gasteiger charge is 2.52. The number of ether oxygens (including phenoxy) is 1. The van der Waals surface area contributed by atoms with Gasteiger partial charge in [0, 0.05) is 33.6 Å². The van der Waals surface area contributed by atoms with Crippen LogP contribution in [0.25, 0.3) is 10.8 Å². The fourth-order valence-corrected chi connectivity index (χ4v) is 6.72. The number of nitrogens with one attached hydrogen (secondary N) is 1. The molecule has 0 radical (unpaired) electrons. The summed E-state index contributed by atoms with van der Waals surface area (Å²) < 4.78 is 5.35. The van der Waals surface area contributed by atoms with E-state index in [0.717, 1.165) is 21.9 Å². The van der Waals surface area contributed by atoms with E-state index in [0.29, 0.717) is 21.4 Å². The Morgan fingerprint density at radius 2 is 1.69 bits per heavy atom. The number of hydrogen-bond donors (Lipinski definition) is 1. The third kappa shape index (κ3) is 7.71. The number of piperazine rings is 1. The van der Waals surface area contributed by atoms with Crippen LogP contribution < -0.4 is 10.1 Å². The summed E-state index contributed by atoms with van der Waals surface area (Å²) in [7, 11) is 3.17. The Labute approximate surface area is 305 Å². The number of fused-ring (bicyclic) bond motifs is 2. The van der Waals surface area contributed by atoms with Gasteiger partial charge in [-0.3, -0.25) is 9.59 Å². The minimum absolute atomic E-state index is 0.0992. The molecule has 0 bridgehead atoms. The first-order chi connectivity index (χ1) is 24.5. The van der Waals surface area contributed by atoms with Crippen molar-refractivity contribution in [3.05, 3.63) is 112 Å². The van der Waals surface area contributed by atoms with Crippen molar-refractivity contribution < 1.29 is 23.9 Å². The number of nitrogens with zero attached hydrogens (tertiary/aromatic N) is 6. The van der Waals surface area contributed by atoms with Gasteiger partial charge in [0.25, 0.3) is 0 Å². The summed E-state index contributed by atoms with van der Waals surface area (Å²) in [5.41, 5.74) is 2.37. The highest BCUT2D eigenvalue weighted by molar-refractivity contribution is 6.42. The average molecular weight is 729 g/mol. The summed E-state index contributed by atoms with van der Waals surface area (Å²) >= 11 is 12.2. The fourth-order valence-electron chi connectivity index (χ4n) is 6.40. The van der Waals surface area contributed by atoms with E-state index < -0.39 is 24.3 Å². The SMILES string of the molecule is CN(C)C(=O)Oc1ccc(C[C@H]2C(=O)N(Cc3cccc4ccccc34)C[C@H]3N2C(=O)CN3N(CC#N)C(=O)NCc2ccc(Cl)c(Cl)c2)cc1. The van der Waals surface area contributed by atoms with Crippen LogP contribution in [0.5, 0.6) is 5.75 Å². The molecule has 0 aliphatic carbocycles. The molecule has 0 spiro atoms. The topological polar surface area (TPSA) is 130 Å². The molecule has 1 N–H and O–H groups in total. The van der Waals surface area contributed by atoms with Crippen LogP contribution in [0.15, 0.2) is 84.9 Å². The van der Waals surface area contributed by atoms with Crippen molar-refractivity contribution in [3.63, 3.8) is 0 Å². The Balaban J connectivity index is 1.30. The van der Waals surface area contributed by atoms with Crippen molar-refractivity contribution >= 4 is 57.9 Å². The average Bonchev–Trinajstić information content (AvgIpc) is 3.44. The zero-order chi connectivity index (χ0) is 36.2. The molecule has 262 valence electrons. The Hall–Kier alpha value is -5.35. The molecular formula is C37H35Cl2N7O5. The second kappa shape index (κ2) is 15.3. The van der Waals surface area contributed by atoms with E-state index in [2.05, 4.69) is 5.32 Å². The van der Waals surface area contributed by atoms with Crippen molar-refractivity contribution in [1.82, 2.24) is 30.0 Å². The molecule has 14 heteroatoms. The number of benzene rings is 4. The summed E-state index contributed by atoms with van der Waals surface area (Å²) in [6, 6.07) is 26.2. The van der Waals surface area contributed by atoms with E-state index in [9.17, 15) is 24.4 Å². The molecular weight excluding hydrogens is 693 g/mol. The number of urea groups is 1. The molecule has 0 unspecified atom stereocenters. The van der Waals surface area contributed by atoms with Crippen LogP contribution in [0.1, 0.15) is 16.7 Å². The molecule has 2 saturated heterocycles. The lowest BCUT2D eigenvalue weighted by Gasteiger charge is -2.46. The number of carbonyl (C=O) groups excluding carboxylic acids is 4. The van der Waals surface area contributed by atoms with Gasteiger partial charge in [0.1, 0.15) is 24.5 Å². The lowest BCUT2D eigenvalue weighted by Crippen LogP contribution is -2.66. The highest BCUT2D eigenvalue weighted by Crippen LogP contribution is 2.32. The molecule has 2 aliphatic heterocycles. The van der Waals surface area contributed by atoms with E-state index in [4.69, 9.17) is 27.9 Å². The lowest BCUT2D eigenvalue weighted by molar-refractivity contribution is -0.157. The van der Waals surface area contributed by atoms with Gasteiger partial charge in [-0.15, -0.1) is 0 Å². The predicted octanol–water partition coefficient (Wildman–Crippen LogP) is 5.28. The van der Waals surface area contributed by atoms with Gasteiger partial charge >= 0.3 is 12.1 Å². The molecule has 12 nitrogen and oxygen atoms in total. The number of halogens is 2. The number of hydrazine groups is 1. The first kappa shape index (κ1) is 35.5. The largest absolute Gasteiger partial charge is 0.414 e. The number of carbonyl (C=O) groups is 4. The van der Waals surface area contributed by atoms with Gasteiger partial charge in [-0.25, -0.2) is 14.6 Å². The summed E-state index contributed by atoms with van der Waals surface area (Å²) in [6.07, 6.45) is -1.09. The molecule has 0 saturated carbocycles. The Morgan fingerprint density at radius 3 is 2.41 bits per heavy atom. The quantitative estimate of drug-likeness (QED) is 0.232. The lowest BCUT2D eigenvalue weighted by atomic mass is 9.99. The van der Waals surface area contributed by atoms with Crippen molar-refractivity contribution in [2.45, 2.75) is 31.7 Å². The van der Waals surface area contributed by atoms with E-state index in [1.54, 1.807) is 66.5 Å². The fraction of sp³-hybridized carbons (Fsp3) is 0.270. The first-order valence-corrected chi connectivity index (χ1v) is 17.0.